The number of rotatable bonds is 5. The molecule has 0 unspecified atom stereocenters. The quantitative estimate of drug-likeness (QED) is 0.324. The summed E-state index contributed by atoms with van der Waals surface area (Å²) in [5.41, 5.74) is 4.99. The van der Waals surface area contributed by atoms with E-state index in [-0.39, 0.29) is 5.69 Å². The number of pyridine rings is 1. The lowest BCUT2D eigenvalue weighted by molar-refractivity contribution is -0.112. The predicted molar refractivity (Wildman–Crippen MR) is 123 cm³/mol. The molecule has 156 valence electrons. The van der Waals surface area contributed by atoms with Crippen molar-refractivity contribution in [3.63, 3.8) is 0 Å². The van der Waals surface area contributed by atoms with Gasteiger partial charge in [-0.1, -0.05) is 35.9 Å². The van der Waals surface area contributed by atoms with Crippen LogP contribution in [0.2, 0.25) is 5.02 Å². The second-order valence-corrected chi connectivity index (χ2v) is 7.69. The molecule has 4 aromatic rings. The van der Waals surface area contributed by atoms with E-state index in [9.17, 15) is 9.59 Å². The molecule has 6 heteroatoms. The second kappa shape index (κ2) is 8.28. The molecule has 0 radical (unpaired) electrons. The van der Waals surface area contributed by atoms with E-state index < -0.39 is 11.7 Å². The molecule has 0 aliphatic heterocycles. The van der Waals surface area contributed by atoms with E-state index in [0.29, 0.717) is 22.0 Å². The summed E-state index contributed by atoms with van der Waals surface area (Å²) in [5, 5.41) is 3.19. The van der Waals surface area contributed by atoms with Crippen LogP contribution in [0.25, 0.3) is 16.6 Å². The summed E-state index contributed by atoms with van der Waals surface area (Å²) >= 11 is 6.32. The summed E-state index contributed by atoms with van der Waals surface area (Å²) < 4.78 is 6.95. The van der Waals surface area contributed by atoms with E-state index >= 15 is 0 Å². The van der Waals surface area contributed by atoms with Gasteiger partial charge in [0.05, 0.1) is 12.1 Å². The predicted octanol–water partition coefficient (Wildman–Crippen LogP) is 5.71. The molecule has 0 saturated carbocycles. The van der Waals surface area contributed by atoms with Crippen molar-refractivity contribution in [1.29, 1.82) is 0 Å². The molecule has 2 aromatic carbocycles. The van der Waals surface area contributed by atoms with Crippen molar-refractivity contribution in [3.05, 3.63) is 88.7 Å². The van der Waals surface area contributed by atoms with Crippen molar-refractivity contribution >= 4 is 34.5 Å². The van der Waals surface area contributed by atoms with Gasteiger partial charge in [-0.15, -0.1) is 0 Å². The summed E-state index contributed by atoms with van der Waals surface area (Å²) in [6, 6.07) is 18.3. The fourth-order valence-corrected chi connectivity index (χ4v) is 3.84. The monoisotopic (exact) mass is 432 g/mol. The Labute approximate surface area is 185 Å². The van der Waals surface area contributed by atoms with Gasteiger partial charge < -0.3 is 14.5 Å². The molecule has 0 aliphatic rings. The SMILES string of the molecule is COc1ccc(-c2cc3ccccn3c2C(=O)C(=O)Nc2cccc(C)c2C)cc1Cl. The summed E-state index contributed by atoms with van der Waals surface area (Å²) in [5.74, 6) is -0.790. The zero-order valence-corrected chi connectivity index (χ0v) is 18.2. The largest absolute Gasteiger partial charge is 0.495 e. The Morgan fingerprint density at radius 1 is 1.00 bits per heavy atom. The maximum atomic E-state index is 13.3. The number of hydrogen-bond donors (Lipinski definition) is 1. The highest BCUT2D eigenvalue weighted by atomic mass is 35.5. The minimum absolute atomic E-state index is 0.277. The van der Waals surface area contributed by atoms with Gasteiger partial charge in [-0.05, 0) is 66.9 Å². The van der Waals surface area contributed by atoms with E-state index in [1.807, 2.05) is 56.3 Å². The molecule has 0 fully saturated rings. The number of ketones is 1. The fraction of sp³-hybridized carbons (Fsp3) is 0.120. The van der Waals surface area contributed by atoms with Gasteiger partial charge in [0.1, 0.15) is 11.4 Å². The Bertz CT molecular complexity index is 1320. The lowest BCUT2D eigenvalue weighted by atomic mass is 10.0. The van der Waals surface area contributed by atoms with Gasteiger partial charge in [-0.25, -0.2) is 0 Å². The number of halogens is 1. The molecule has 2 aromatic heterocycles. The zero-order chi connectivity index (χ0) is 22.1. The number of fused-ring (bicyclic) bond motifs is 1. The van der Waals surface area contributed by atoms with Gasteiger partial charge >= 0.3 is 0 Å². The Hall–Kier alpha value is -3.57. The van der Waals surface area contributed by atoms with Gasteiger partial charge in [-0.2, -0.15) is 0 Å². The molecule has 0 atom stereocenters. The standard InChI is InChI=1S/C25H21ClN2O3/c1-15-7-6-9-21(16(15)2)27-25(30)24(29)23-19(14-18-8-4-5-12-28(18)23)17-10-11-22(31-3)20(26)13-17/h4-14H,1-3H3,(H,27,30). The Balaban J connectivity index is 1.80. The minimum Gasteiger partial charge on any atom is -0.495 e. The van der Waals surface area contributed by atoms with Crippen LogP contribution in [0, 0.1) is 13.8 Å². The number of Topliss-reactive ketones (excluding diaryl/α,β-unsaturated/α-hetero) is 1. The van der Waals surface area contributed by atoms with Crippen molar-refractivity contribution < 1.29 is 14.3 Å². The van der Waals surface area contributed by atoms with E-state index in [4.69, 9.17) is 16.3 Å². The first kappa shape index (κ1) is 20.7. The van der Waals surface area contributed by atoms with Gasteiger partial charge in [-0.3, -0.25) is 9.59 Å². The number of ether oxygens (including phenoxy) is 1. The van der Waals surface area contributed by atoms with Crippen molar-refractivity contribution in [1.82, 2.24) is 4.40 Å². The molecule has 0 spiro atoms. The Kier molecular flexibility index (Phi) is 5.53. The average Bonchev–Trinajstić information content (AvgIpc) is 3.15. The first-order valence-electron chi connectivity index (χ1n) is 9.76. The average molecular weight is 433 g/mol. The molecule has 1 N–H and O–H groups in total. The van der Waals surface area contributed by atoms with Crippen molar-refractivity contribution in [3.8, 4) is 16.9 Å². The van der Waals surface area contributed by atoms with Crippen LogP contribution in [-0.2, 0) is 4.79 Å². The third-order valence-corrected chi connectivity index (χ3v) is 5.71. The van der Waals surface area contributed by atoms with Crippen LogP contribution in [-0.4, -0.2) is 23.2 Å². The van der Waals surface area contributed by atoms with Crippen molar-refractivity contribution in [2.45, 2.75) is 13.8 Å². The van der Waals surface area contributed by atoms with E-state index in [2.05, 4.69) is 5.32 Å². The van der Waals surface area contributed by atoms with Crippen LogP contribution in [0.3, 0.4) is 0 Å². The summed E-state index contributed by atoms with van der Waals surface area (Å²) in [7, 11) is 1.54. The molecule has 4 rings (SSSR count). The lowest BCUT2D eigenvalue weighted by Crippen LogP contribution is -2.25. The lowest BCUT2D eigenvalue weighted by Gasteiger charge is -2.11. The fourth-order valence-electron chi connectivity index (χ4n) is 3.58. The summed E-state index contributed by atoms with van der Waals surface area (Å²) in [6.07, 6.45) is 1.77. The molecule has 1 amide bonds. The molecule has 5 nitrogen and oxygen atoms in total. The first-order chi connectivity index (χ1) is 14.9. The van der Waals surface area contributed by atoms with Crippen LogP contribution in [0.4, 0.5) is 5.69 Å². The topological polar surface area (TPSA) is 59.8 Å². The maximum Gasteiger partial charge on any atom is 0.298 e. The van der Waals surface area contributed by atoms with Gasteiger partial charge in [0.2, 0.25) is 0 Å². The number of carbonyl (C=O) groups is 2. The number of nitrogens with one attached hydrogen (secondary N) is 1. The maximum absolute atomic E-state index is 13.3. The number of aryl methyl sites for hydroxylation is 1. The smallest absolute Gasteiger partial charge is 0.298 e. The normalized spacial score (nSPS) is 10.8. The van der Waals surface area contributed by atoms with Gasteiger partial charge in [0, 0.05) is 23.0 Å². The van der Waals surface area contributed by atoms with Crippen molar-refractivity contribution in [2.75, 3.05) is 12.4 Å². The number of nitrogens with zero attached hydrogens (tertiary/aromatic N) is 1. The van der Waals surface area contributed by atoms with Crippen LogP contribution in [0.15, 0.2) is 66.9 Å². The molecule has 0 bridgehead atoms. The highest BCUT2D eigenvalue weighted by Crippen LogP contribution is 2.34. The third kappa shape index (κ3) is 3.80. The minimum atomic E-state index is -0.696. The highest BCUT2D eigenvalue weighted by Gasteiger charge is 2.25. The molecule has 0 aliphatic carbocycles. The second-order valence-electron chi connectivity index (χ2n) is 7.28. The van der Waals surface area contributed by atoms with Crippen LogP contribution < -0.4 is 10.1 Å². The molecule has 0 saturated heterocycles. The van der Waals surface area contributed by atoms with Crippen LogP contribution in [0.1, 0.15) is 21.6 Å². The number of hydrogen-bond acceptors (Lipinski definition) is 3. The van der Waals surface area contributed by atoms with Crippen LogP contribution >= 0.6 is 11.6 Å². The molecule has 2 heterocycles. The number of carbonyl (C=O) groups excluding carboxylic acids is 2. The number of methoxy groups -OCH3 is 1. The Morgan fingerprint density at radius 2 is 1.81 bits per heavy atom. The van der Waals surface area contributed by atoms with Gasteiger partial charge in [0.25, 0.3) is 11.7 Å². The summed E-state index contributed by atoms with van der Waals surface area (Å²) in [6.45, 7) is 3.87. The molecular formula is C25H21ClN2O3. The number of anilines is 1. The molecule has 31 heavy (non-hydrogen) atoms. The highest BCUT2D eigenvalue weighted by molar-refractivity contribution is 6.47. The van der Waals surface area contributed by atoms with E-state index in [0.717, 1.165) is 22.2 Å². The first-order valence-corrected chi connectivity index (χ1v) is 10.1. The van der Waals surface area contributed by atoms with E-state index in [1.54, 1.807) is 35.9 Å². The van der Waals surface area contributed by atoms with Gasteiger partial charge in [0.15, 0.2) is 0 Å². The number of amides is 1. The van der Waals surface area contributed by atoms with Crippen LogP contribution in [0.5, 0.6) is 5.75 Å². The van der Waals surface area contributed by atoms with Crippen molar-refractivity contribution in [2.24, 2.45) is 0 Å². The zero-order valence-electron chi connectivity index (χ0n) is 17.4. The molecular weight excluding hydrogens is 412 g/mol. The summed E-state index contributed by atoms with van der Waals surface area (Å²) in [4.78, 5) is 26.3. The number of aromatic nitrogens is 1. The third-order valence-electron chi connectivity index (χ3n) is 5.42. The number of benzene rings is 2. The van der Waals surface area contributed by atoms with E-state index in [1.165, 1.54) is 0 Å². The Morgan fingerprint density at radius 3 is 2.55 bits per heavy atom.